The first kappa shape index (κ1) is 18.2. The number of hydrogen-bond donors (Lipinski definition) is 1. The molecule has 1 saturated carbocycles. The number of hydrogen-bond acceptors (Lipinski definition) is 4. The second-order valence-electron chi connectivity index (χ2n) is 6.46. The lowest BCUT2D eigenvalue weighted by Gasteiger charge is -2.32. The molecule has 1 heterocycles. The third-order valence-electron chi connectivity index (χ3n) is 4.93. The monoisotopic (exact) mass is 334 g/mol. The highest BCUT2D eigenvalue weighted by atomic mass is 16.5. The Morgan fingerprint density at radius 1 is 1.29 bits per heavy atom. The molecule has 1 N–H and O–H groups in total. The van der Waals surface area contributed by atoms with Crippen molar-refractivity contribution in [2.24, 2.45) is 5.92 Å². The molecule has 0 radical (unpaired) electrons. The van der Waals surface area contributed by atoms with Gasteiger partial charge in [0.15, 0.2) is 5.78 Å². The minimum absolute atomic E-state index is 0.0264. The van der Waals surface area contributed by atoms with E-state index in [4.69, 9.17) is 4.74 Å². The van der Waals surface area contributed by atoms with Crippen molar-refractivity contribution >= 4 is 17.7 Å². The van der Waals surface area contributed by atoms with Gasteiger partial charge in [0, 0.05) is 24.2 Å². The summed E-state index contributed by atoms with van der Waals surface area (Å²) in [5.74, 6) is -0.553. The van der Waals surface area contributed by atoms with Crippen LogP contribution in [0.2, 0.25) is 0 Å². The molecule has 1 aliphatic carbocycles. The van der Waals surface area contributed by atoms with E-state index in [0.717, 1.165) is 19.3 Å². The molecule has 1 aliphatic rings. The molecule has 6 heteroatoms. The minimum atomic E-state index is -0.568. The second kappa shape index (κ2) is 7.20. The molecule has 0 aliphatic heterocycles. The molecule has 1 fully saturated rings. The van der Waals surface area contributed by atoms with Gasteiger partial charge in [-0.3, -0.25) is 9.59 Å². The van der Waals surface area contributed by atoms with Gasteiger partial charge in [0.2, 0.25) is 5.91 Å². The summed E-state index contributed by atoms with van der Waals surface area (Å²) in [5.41, 5.74) is 1.97. The Morgan fingerprint density at radius 2 is 1.92 bits per heavy atom. The van der Waals surface area contributed by atoms with Gasteiger partial charge in [0.25, 0.3) is 0 Å². The summed E-state index contributed by atoms with van der Waals surface area (Å²) in [5, 5.41) is 0. The van der Waals surface area contributed by atoms with Crippen molar-refractivity contribution in [3.8, 4) is 0 Å². The zero-order chi connectivity index (χ0) is 18.0. The zero-order valence-electron chi connectivity index (χ0n) is 15.1. The number of ketones is 1. The maximum absolute atomic E-state index is 12.9. The van der Waals surface area contributed by atoms with Crippen LogP contribution in [0.5, 0.6) is 0 Å². The number of nitrogens with zero attached hydrogens (tertiary/aromatic N) is 1. The number of likely N-dealkylation sites (N-methyl/N-ethyl adjacent to an activating group) is 1. The molecule has 0 spiro atoms. The SMILES string of the molecule is CCOC(=O)c1[nH]c(C)c(C(=O)C(C)N(C)C(=O)C2CCC2)c1C. The zero-order valence-corrected chi connectivity index (χ0v) is 15.1. The average Bonchev–Trinajstić information content (AvgIpc) is 2.78. The molecular formula is C18H26N2O4. The van der Waals surface area contributed by atoms with Crippen LogP contribution in [0.25, 0.3) is 0 Å². The highest BCUT2D eigenvalue weighted by Crippen LogP contribution is 2.29. The third kappa shape index (κ3) is 3.23. The van der Waals surface area contributed by atoms with Crippen LogP contribution >= 0.6 is 0 Å². The number of carbonyl (C=O) groups excluding carboxylic acids is 3. The van der Waals surface area contributed by atoms with Crippen LogP contribution < -0.4 is 0 Å². The van der Waals surface area contributed by atoms with Gasteiger partial charge in [-0.1, -0.05) is 6.42 Å². The fourth-order valence-electron chi connectivity index (χ4n) is 3.05. The number of aromatic amines is 1. The Morgan fingerprint density at radius 3 is 2.42 bits per heavy atom. The smallest absolute Gasteiger partial charge is 0.355 e. The average molecular weight is 334 g/mol. The molecule has 6 nitrogen and oxygen atoms in total. The number of carbonyl (C=O) groups is 3. The number of H-pyrrole nitrogens is 1. The third-order valence-corrected chi connectivity index (χ3v) is 4.93. The number of amides is 1. The van der Waals surface area contributed by atoms with E-state index < -0.39 is 12.0 Å². The molecule has 1 atom stereocenters. The van der Waals surface area contributed by atoms with Crippen molar-refractivity contribution in [3.63, 3.8) is 0 Å². The topological polar surface area (TPSA) is 79.5 Å². The quantitative estimate of drug-likeness (QED) is 0.641. The summed E-state index contributed by atoms with van der Waals surface area (Å²) in [6, 6.07) is -0.568. The number of esters is 1. The van der Waals surface area contributed by atoms with Gasteiger partial charge in [-0.15, -0.1) is 0 Å². The Bertz CT molecular complexity index is 658. The largest absolute Gasteiger partial charge is 0.461 e. The summed E-state index contributed by atoms with van der Waals surface area (Å²) < 4.78 is 5.01. The normalized spacial score (nSPS) is 15.5. The predicted molar refractivity (Wildman–Crippen MR) is 90.1 cm³/mol. The lowest BCUT2D eigenvalue weighted by atomic mass is 9.84. The second-order valence-corrected chi connectivity index (χ2v) is 6.46. The number of aryl methyl sites for hydroxylation is 1. The summed E-state index contributed by atoms with van der Waals surface area (Å²) in [6.45, 7) is 7.22. The van der Waals surface area contributed by atoms with Gasteiger partial charge in [0.05, 0.1) is 12.6 Å². The summed E-state index contributed by atoms with van der Waals surface area (Å²) in [7, 11) is 1.67. The molecule has 132 valence electrons. The summed E-state index contributed by atoms with van der Waals surface area (Å²) >= 11 is 0. The Hall–Kier alpha value is -2.11. The van der Waals surface area contributed by atoms with E-state index in [2.05, 4.69) is 4.98 Å². The standard InChI is InChI=1S/C18H26N2O4/c1-6-24-18(23)15-10(2)14(11(3)19-15)16(21)12(4)20(5)17(22)13-8-7-9-13/h12-13,19H,6-9H2,1-5H3. The number of ether oxygens (including phenoxy) is 1. The van der Waals surface area contributed by atoms with E-state index in [9.17, 15) is 14.4 Å². The minimum Gasteiger partial charge on any atom is -0.461 e. The Labute approximate surface area is 142 Å². The fraction of sp³-hybridized carbons (Fsp3) is 0.611. The summed E-state index contributed by atoms with van der Waals surface area (Å²) in [6.07, 6.45) is 2.88. The molecule has 1 aromatic heterocycles. The molecule has 1 unspecified atom stereocenters. The van der Waals surface area contributed by atoms with Crippen molar-refractivity contribution in [2.45, 2.75) is 53.0 Å². The molecule has 0 bridgehead atoms. The maximum Gasteiger partial charge on any atom is 0.355 e. The van der Waals surface area contributed by atoms with Crippen LogP contribution in [-0.4, -0.2) is 47.2 Å². The molecule has 24 heavy (non-hydrogen) atoms. The lowest BCUT2D eigenvalue weighted by Crippen LogP contribution is -2.45. The van der Waals surface area contributed by atoms with Crippen molar-refractivity contribution in [2.75, 3.05) is 13.7 Å². The van der Waals surface area contributed by atoms with E-state index in [0.29, 0.717) is 22.5 Å². The molecule has 0 aromatic carbocycles. The van der Waals surface area contributed by atoms with Crippen LogP contribution in [0, 0.1) is 19.8 Å². The molecule has 1 amide bonds. The highest BCUT2D eigenvalue weighted by Gasteiger charge is 2.34. The number of aromatic nitrogens is 1. The maximum atomic E-state index is 12.9. The van der Waals surface area contributed by atoms with Crippen LogP contribution in [0.1, 0.15) is 65.2 Å². The van der Waals surface area contributed by atoms with E-state index in [1.165, 1.54) is 4.90 Å². The highest BCUT2D eigenvalue weighted by molar-refractivity contribution is 6.06. The first-order valence-corrected chi connectivity index (χ1v) is 8.46. The molecule has 1 aromatic rings. The molecule has 2 rings (SSSR count). The van der Waals surface area contributed by atoms with Crippen LogP contribution in [0.15, 0.2) is 0 Å². The van der Waals surface area contributed by atoms with Gasteiger partial charge in [-0.25, -0.2) is 4.79 Å². The number of Topliss-reactive ketones (excluding diaryl/α,β-unsaturated/α-hetero) is 1. The number of rotatable bonds is 6. The predicted octanol–water partition coefficient (Wildman–Crippen LogP) is 2.64. The molecule has 0 saturated heterocycles. The van der Waals surface area contributed by atoms with Gasteiger partial charge in [-0.05, 0) is 46.1 Å². The van der Waals surface area contributed by atoms with Crippen molar-refractivity contribution in [3.05, 3.63) is 22.5 Å². The van der Waals surface area contributed by atoms with Crippen molar-refractivity contribution < 1.29 is 19.1 Å². The van der Waals surface area contributed by atoms with E-state index >= 15 is 0 Å². The van der Waals surface area contributed by atoms with Gasteiger partial charge < -0.3 is 14.6 Å². The van der Waals surface area contributed by atoms with Gasteiger partial charge in [-0.2, -0.15) is 0 Å². The number of nitrogens with one attached hydrogen (secondary N) is 1. The van der Waals surface area contributed by atoms with Crippen LogP contribution in [-0.2, 0) is 9.53 Å². The Kier molecular flexibility index (Phi) is 5.47. The fourth-order valence-corrected chi connectivity index (χ4v) is 3.05. The van der Waals surface area contributed by atoms with E-state index in [-0.39, 0.29) is 24.2 Å². The first-order chi connectivity index (χ1) is 11.3. The lowest BCUT2D eigenvalue weighted by molar-refractivity contribution is -0.137. The van der Waals surface area contributed by atoms with E-state index in [1.54, 1.807) is 34.7 Å². The Balaban J connectivity index is 2.22. The van der Waals surface area contributed by atoms with Crippen molar-refractivity contribution in [1.82, 2.24) is 9.88 Å². The van der Waals surface area contributed by atoms with E-state index in [1.807, 2.05) is 0 Å². The molecular weight excluding hydrogens is 308 g/mol. The van der Waals surface area contributed by atoms with Crippen LogP contribution in [0.3, 0.4) is 0 Å². The summed E-state index contributed by atoms with van der Waals surface area (Å²) in [4.78, 5) is 41.7. The first-order valence-electron chi connectivity index (χ1n) is 8.46. The van der Waals surface area contributed by atoms with Crippen molar-refractivity contribution in [1.29, 1.82) is 0 Å². The van der Waals surface area contributed by atoms with Gasteiger partial charge >= 0.3 is 5.97 Å². The van der Waals surface area contributed by atoms with Gasteiger partial charge in [0.1, 0.15) is 5.69 Å². The van der Waals surface area contributed by atoms with Crippen LogP contribution in [0.4, 0.5) is 0 Å².